The van der Waals surface area contributed by atoms with Crippen molar-refractivity contribution < 1.29 is 9.53 Å². The fourth-order valence-electron chi connectivity index (χ4n) is 2.05. The number of benzene rings is 2. The topological polar surface area (TPSA) is 50.4 Å². The molecule has 2 aromatic rings. The number of aryl methyl sites for hydroxylation is 1. The minimum Gasteiger partial charge on any atom is -0.492 e. The van der Waals surface area contributed by atoms with Crippen molar-refractivity contribution in [3.8, 4) is 5.75 Å². The first-order valence-corrected chi connectivity index (χ1v) is 7.91. The van der Waals surface area contributed by atoms with E-state index in [2.05, 4.69) is 26.6 Å². The number of para-hydroxylation sites is 2. The maximum Gasteiger partial charge on any atom is 0.243 e. The Morgan fingerprint density at radius 2 is 1.95 bits per heavy atom. The van der Waals surface area contributed by atoms with Gasteiger partial charge in [-0.3, -0.25) is 4.79 Å². The van der Waals surface area contributed by atoms with Crippen molar-refractivity contribution in [2.45, 2.75) is 13.8 Å². The monoisotopic (exact) mass is 362 g/mol. The average Bonchev–Trinajstić information content (AvgIpc) is 2.48. The van der Waals surface area contributed by atoms with Crippen molar-refractivity contribution >= 4 is 33.2 Å². The van der Waals surface area contributed by atoms with Crippen LogP contribution < -0.4 is 15.4 Å². The van der Waals surface area contributed by atoms with E-state index in [1.54, 1.807) is 0 Å². The zero-order valence-corrected chi connectivity index (χ0v) is 14.2. The molecule has 0 unspecified atom stereocenters. The van der Waals surface area contributed by atoms with Crippen molar-refractivity contribution in [2.24, 2.45) is 0 Å². The summed E-state index contributed by atoms with van der Waals surface area (Å²) in [6.45, 7) is 4.66. The molecule has 116 valence electrons. The summed E-state index contributed by atoms with van der Waals surface area (Å²) in [6.07, 6.45) is 0. The molecule has 0 heterocycles. The third kappa shape index (κ3) is 4.49. The molecular weight excluding hydrogens is 344 g/mol. The zero-order valence-electron chi connectivity index (χ0n) is 12.7. The SMILES string of the molecule is CCOc1ccccc1NC(=O)CNc1ccc(Br)cc1C. The van der Waals surface area contributed by atoms with Crippen LogP contribution in [0.1, 0.15) is 12.5 Å². The van der Waals surface area contributed by atoms with Gasteiger partial charge in [0.25, 0.3) is 0 Å². The Morgan fingerprint density at radius 1 is 1.18 bits per heavy atom. The largest absolute Gasteiger partial charge is 0.492 e. The van der Waals surface area contributed by atoms with Crippen LogP contribution in [0.25, 0.3) is 0 Å². The van der Waals surface area contributed by atoms with Crippen molar-refractivity contribution in [3.05, 3.63) is 52.5 Å². The summed E-state index contributed by atoms with van der Waals surface area (Å²) in [5, 5.41) is 6.00. The Hall–Kier alpha value is -2.01. The standard InChI is InChI=1S/C17H19BrN2O2/c1-3-22-16-7-5-4-6-15(16)20-17(21)11-19-14-9-8-13(18)10-12(14)2/h4-10,19H,3,11H2,1-2H3,(H,20,21). The fourth-order valence-corrected chi connectivity index (χ4v) is 2.52. The number of ether oxygens (including phenoxy) is 1. The Labute approximate surface area is 139 Å². The number of rotatable bonds is 6. The number of carbonyl (C=O) groups excluding carboxylic acids is 1. The molecule has 0 spiro atoms. The summed E-state index contributed by atoms with van der Waals surface area (Å²) < 4.78 is 6.51. The number of nitrogens with one attached hydrogen (secondary N) is 2. The lowest BCUT2D eigenvalue weighted by atomic mass is 10.2. The quantitative estimate of drug-likeness (QED) is 0.809. The van der Waals surface area contributed by atoms with Crippen molar-refractivity contribution in [3.63, 3.8) is 0 Å². The minimum atomic E-state index is -0.116. The predicted molar refractivity (Wildman–Crippen MR) is 93.6 cm³/mol. The van der Waals surface area contributed by atoms with Gasteiger partial charge in [-0.1, -0.05) is 28.1 Å². The molecular formula is C17H19BrN2O2. The lowest BCUT2D eigenvalue weighted by Crippen LogP contribution is -2.22. The molecule has 2 rings (SSSR count). The molecule has 5 heteroatoms. The summed E-state index contributed by atoms with van der Waals surface area (Å²) in [6, 6.07) is 13.3. The lowest BCUT2D eigenvalue weighted by Gasteiger charge is -2.13. The second-order valence-corrected chi connectivity index (χ2v) is 5.71. The molecule has 0 aliphatic carbocycles. The molecule has 0 fully saturated rings. The van der Waals surface area contributed by atoms with Crippen LogP contribution in [0.15, 0.2) is 46.9 Å². The lowest BCUT2D eigenvalue weighted by molar-refractivity contribution is -0.114. The van der Waals surface area contributed by atoms with Crippen LogP contribution in [0.5, 0.6) is 5.75 Å². The second kappa shape index (κ2) is 7.84. The van der Waals surface area contributed by atoms with Gasteiger partial charge in [0.1, 0.15) is 5.75 Å². The Kier molecular flexibility index (Phi) is 5.83. The van der Waals surface area contributed by atoms with Gasteiger partial charge in [-0.25, -0.2) is 0 Å². The van der Waals surface area contributed by atoms with E-state index in [1.165, 1.54) is 0 Å². The Bertz CT molecular complexity index is 659. The minimum absolute atomic E-state index is 0.116. The molecule has 0 aliphatic rings. The molecule has 2 N–H and O–H groups in total. The number of anilines is 2. The normalized spacial score (nSPS) is 10.1. The number of amides is 1. The maximum atomic E-state index is 12.1. The molecule has 0 atom stereocenters. The molecule has 4 nitrogen and oxygen atoms in total. The molecule has 1 amide bonds. The van der Waals surface area contributed by atoms with Crippen LogP contribution in [0, 0.1) is 6.92 Å². The number of carbonyl (C=O) groups is 1. The van der Waals surface area contributed by atoms with Gasteiger partial charge in [-0.15, -0.1) is 0 Å². The van der Waals surface area contributed by atoms with E-state index in [4.69, 9.17) is 4.74 Å². The summed E-state index contributed by atoms with van der Waals surface area (Å²) in [4.78, 5) is 12.1. The molecule has 22 heavy (non-hydrogen) atoms. The first kappa shape index (κ1) is 16.4. The summed E-state index contributed by atoms with van der Waals surface area (Å²) in [5.74, 6) is 0.563. The Balaban J connectivity index is 1.96. The van der Waals surface area contributed by atoms with E-state index < -0.39 is 0 Å². The van der Waals surface area contributed by atoms with Crippen LogP contribution in [-0.4, -0.2) is 19.1 Å². The van der Waals surface area contributed by atoms with Crippen LogP contribution in [0.3, 0.4) is 0 Å². The van der Waals surface area contributed by atoms with Gasteiger partial charge in [-0.2, -0.15) is 0 Å². The highest BCUT2D eigenvalue weighted by molar-refractivity contribution is 9.10. The molecule has 0 radical (unpaired) electrons. The number of hydrogen-bond acceptors (Lipinski definition) is 3. The summed E-state index contributed by atoms with van der Waals surface area (Å²) in [7, 11) is 0. The van der Waals surface area contributed by atoms with E-state index in [0.717, 1.165) is 15.7 Å². The summed E-state index contributed by atoms with van der Waals surface area (Å²) >= 11 is 3.42. The number of hydrogen-bond donors (Lipinski definition) is 2. The highest BCUT2D eigenvalue weighted by Crippen LogP contribution is 2.24. The maximum absolute atomic E-state index is 12.1. The fraction of sp³-hybridized carbons (Fsp3) is 0.235. The molecule has 0 aromatic heterocycles. The van der Waals surface area contributed by atoms with Gasteiger partial charge >= 0.3 is 0 Å². The van der Waals surface area contributed by atoms with Crippen molar-refractivity contribution in [1.29, 1.82) is 0 Å². The van der Waals surface area contributed by atoms with Gasteiger partial charge < -0.3 is 15.4 Å². The highest BCUT2D eigenvalue weighted by Gasteiger charge is 2.07. The third-order valence-electron chi connectivity index (χ3n) is 3.09. The summed E-state index contributed by atoms with van der Waals surface area (Å²) in [5.41, 5.74) is 2.71. The molecule has 2 aromatic carbocycles. The number of halogens is 1. The van der Waals surface area contributed by atoms with Crippen LogP contribution in [0.2, 0.25) is 0 Å². The molecule has 0 saturated heterocycles. The van der Waals surface area contributed by atoms with Gasteiger partial charge in [-0.05, 0) is 49.7 Å². The zero-order chi connectivity index (χ0) is 15.9. The highest BCUT2D eigenvalue weighted by atomic mass is 79.9. The average molecular weight is 363 g/mol. The molecule has 0 aliphatic heterocycles. The first-order chi connectivity index (χ1) is 10.6. The van der Waals surface area contributed by atoms with Crippen molar-refractivity contribution in [2.75, 3.05) is 23.8 Å². The van der Waals surface area contributed by atoms with E-state index in [9.17, 15) is 4.79 Å². The third-order valence-corrected chi connectivity index (χ3v) is 3.58. The smallest absolute Gasteiger partial charge is 0.243 e. The second-order valence-electron chi connectivity index (χ2n) is 4.79. The van der Waals surface area contributed by atoms with Crippen molar-refractivity contribution in [1.82, 2.24) is 0 Å². The van der Waals surface area contributed by atoms with Gasteiger partial charge in [0, 0.05) is 10.2 Å². The van der Waals surface area contributed by atoms with Gasteiger partial charge in [0.05, 0.1) is 18.8 Å². The van der Waals surface area contributed by atoms with E-state index in [-0.39, 0.29) is 12.5 Å². The molecule has 0 bridgehead atoms. The van der Waals surface area contributed by atoms with E-state index in [0.29, 0.717) is 18.0 Å². The molecule has 0 saturated carbocycles. The van der Waals surface area contributed by atoms with Crippen LogP contribution >= 0.6 is 15.9 Å². The Morgan fingerprint density at radius 3 is 2.68 bits per heavy atom. The van der Waals surface area contributed by atoms with E-state index >= 15 is 0 Å². The van der Waals surface area contributed by atoms with Crippen LogP contribution in [-0.2, 0) is 4.79 Å². The van der Waals surface area contributed by atoms with Crippen LogP contribution in [0.4, 0.5) is 11.4 Å². The first-order valence-electron chi connectivity index (χ1n) is 7.12. The van der Waals surface area contributed by atoms with Gasteiger partial charge in [0.15, 0.2) is 0 Å². The van der Waals surface area contributed by atoms with Gasteiger partial charge in [0.2, 0.25) is 5.91 Å². The van der Waals surface area contributed by atoms with E-state index in [1.807, 2.05) is 56.3 Å². The predicted octanol–water partition coefficient (Wildman–Crippen LogP) is 4.21.